The molecule has 0 unspecified atom stereocenters. The van der Waals surface area contributed by atoms with Crippen LogP contribution in [0.4, 0.5) is 0 Å². The summed E-state index contributed by atoms with van der Waals surface area (Å²) in [6.45, 7) is 0. The van der Waals surface area contributed by atoms with Crippen molar-refractivity contribution < 1.29 is 14.4 Å². The SMILES string of the molecule is O=CCCCC=C1CCC(=O)NC1=O. The number of amides is 2. The van der Waals surface area contributed by atoms with Crippen molar-refractivity contribution in [2.75, 3.05) is 0 Å². The zero-order chi connectivity index (χ0) is 10.4. The minimum absolute atomic E-state index is 0.208. The van der Waals surface area contributed by atoms with Crippen molar-refractivity contribution in [2.24, 2.45) is 0 Å². The molecule has 2 amide bonds. The molecular weight excluding hydrogens is 182 g/mol. The molecule has 76 valence electrons. The van der Waals surface area contributed by atoms with Crippen LogP contribution in [0.3, 0.4) is 0 Å². The van der Waals surface area contributed by atoms with Crippen LogP contribution in [0.2, 0.25) is 0 Å². The van der Waals surface area contributed by atoms with Crippen molar-refractivity contribution in [3.8, 4) is 0 Å². The van der Waals surface area contributed by atoms with E-state index in [2.05, 4.69) is 5.32 Å². The number of nitrogens with one attached hydrogen (secondary N) is 1. The van der Waals surface area contributed by atoms with Gasteiger partial charge in [0.25, 0.3) is 5.91 Å². The zero-order valence-corrected chi connectivity index (χ0v) is 7.91. The molecule has 1 aliphatic rings. The Kier molecular flexibility index (Phi) is 4.04. The number of allylic oxidation sites excluding steroid dienone is 1. The van der Waals surface area contributed by atoms with E-state index in [1.807, 2.05) is 6.08 Å². The van der Waals surface area contributed by atoms with Gasteiger partial charge in [-0.2, -0.15) is 0 Å². The fourth-order valence-corrected chi connectivity index (χ4v) is 1.30. The van der Waals surface area contributed by atoms with Crippen molar-refractivity contribution in [1.82, 2.24) is 5.32 Å². The molecule has 4 heteroatoms. The van der Waals surface area contributed by atoms with Crippen LogP contribution in [-0.4, -0.2) is 18.1 Å². The molecule has 1 saturated heterocycles. The second-order valence-electron chi connectivity index (χ2n) is 3.20. The maximum absolute atomic E-state index is 11.2. The summed E-state index contributed by atoms with van der Waals surface area (Å²) in [6, 6.07) is 0. The van der Waals surface area contributed by atoms with Gasteiger partial charge in [0.2, 0.25) is 5.91 Å². The predicted octanol–water partition coefficient (Wildman–Crippen LogP) is 0.719. The first-order valence-corrected chi connectivity index (χ1v) is 4.71. The Morgan fingerprint density at radius 1 is 1.21 bits per heavy atom. The first-order chi connectivity index (χ1) is 6.74. The molecule has 0 aromatic heterocycles. The van der Waals surface area contributed by atoms with E-state index in [9.17, 15) is 14.4 Å². The highest BCUT2D eigenvalue weighted by molar-refractivity contribution is 6.07. The third-order valence-electron chi connectivity index (χ3n) is 2.08. The van der Waals surface area contributed by atoms with E-state index in [0.717, 1.165) is 19.1 Å². The van der Waals surface area contributed by atoms with Gasteiger partial charge < -0.3 is 4.79 Å². The summed E-state index contributed by atoms with van der Waals surface area (Å²) in [6.07, 6.45) is 5.57. The topological polar surface area (TPSA) is 63.2 Å². The molecular formula is C10H13NO3. The van der Waals surface area contributed by atoms with E-state index in [0.29, 0.717) is 24.8 Å². The molecule has 0 atom stereocenters. The van der Waals surface area contributed by atoms with Crippen molar-refractivity contribution in [3.05, 3.63) is 11.6 Å². The molecule has 14 heavy (non-hydrogen) atoms. The third-order valence-corrected chi connectivity index (χ3v) is 2.08. The van der Waals surface area contributed by atoms with E-state index in [-0.39, 0.29) is 11.8 Å². The highest BCUT2D eigenvalue weighted by atomic mass is 16.2. The van der Waals surface area contributed by atoms with Crippen LogP contribution in [0, 0.1) is 0 Å². The Hall–Kier alpha value is -1.45. The molecule has 0 spiro atoms. The molecule has 1 fully saturated rings. The first kappa shape index (κ1) is 10.6. The second kappa shape index (κ2) is 5.32. The monoisotopic (exact) mass is 195 g/mol. The molecule has 0 aromatic carbocycles. The zero-order valence-electron chi connectivity index (χ0n) is 7.91. The van der Waals surface area contributed by atoms with E-state index in [1.165, 1.54) is 0 Å². The van der Waals surface area contributed by atoms with Crippen molar-refractivity contribution in [2.45, 2.75) is 32.1 Å². The summed E-state index contributed by atoms with van der Waals surface area (Å²) < 4.78 is 0. The van der Waals surface area contributed by atoms with Gasteiger partial charge in [0.15, 0.2) is 0 Å². The third kappa shape index (κ3) is 3.12. The molecule has 0 radical (unpaired) electrons. The summed E-state index contributed by atoms with van der Waals surface area (Å²) in [5.74, 6) is -0.493. The standard InChI is InChI=1S/C10H13NO3/c12-7-3-1-2-4-8-5-6-9(13)11-10(8)14/h4,7H,1-3,5-6H2,(H,11,13,14). The molecule has 0 aromatic rings. The van der Waals surface area contributed by atoms with Crippen LogP contribution < -0.4 is 5.32 Å². The Balaban J connectivity index is 2.39. The van der Waals surface area contributed by atoms with Crippen LogP contribution in [0.5, 0.6) is 0 Å². The van der Waals surface area contributed by atoms with E-state index in [1.54, 1.807) is 0 Å². The molecule has 0 saturated carbocycles. The summed E-state index contributed by atoms with van der Waals surface area (Å²) in [5.41, 5.74) is 0.662. The lowest BCUT2D eigenvalue weighted by Gasteiger charge is -2.13. The second-order valence-corrected chi connectivity index (χ2v) is 3.20. The Morgan fingerprint density at radius 2 is 2.00 bits per heavy atom. The minimum atomic E-state index is -0.285. The average molecular weight is 195 g/mol. The summed E-state index contributed by atoms with van der Waals surface area (Å²) >= 11 is 0. The van der Waals surface area contributed by atoms with Crippen LogP contribution >= 0.6 is 0 Å². The molecule has 1 N–H and O–H groups in total. The maximum atomic E-state index is 11.2. The van der Waals surface area contributed by atoms with Gasteiger partial charge in [0.05, 0.1) is 0 Å². The van der Waals surface area contributed by atoms with E-state index >= 15 is 0 Å². The average Bonchev–Trinajstić information content (AvgIpc) is 2.15. The van der Waals surface area contributed by atoms with E-state index < -0.39 is 0 Å². The lowest BCUT2D eigenvalue weighted by atomic mass is 10.0. The summed E-state index contributed by atoms with van der Waals surface area (Å²) in [7, 11) is 0. The van der Waals surface area contributed by atoms with Crippen LogP contribution in [0.25, 0.3) is 0 Å². The van der Waals surface area contributed by atoms with Crippen molar-refractivity contribution >= 4 is 18.1 Å². The largest absolute Gasteiger partial charge is 0.303 e. The van der Waals surface area contributed by atoms with Crippen LogP contribution in [-0.2, 0) is 14.4 Å². The molecule has 1 heterocycles. The van der Waals surface area contributed by atoms with Gasteiger partial charge in [0.1, 0.15) is 6.29 Å². The van der Waals surface area contributed by atoms with Crippen molar-refractivity contribution in [1.29, 1.82) is 0 Å². The molecule has 0 bridgehead atoms. The lowest BCUT2D eigenvalue weighted by Crippen LogP contribution is -2.35. The van der Waals surface area contributed by atoms with Crippen molar-refractivity contribution in [3.63, 3.8) is 0 Å². The highest BCUT2D eigenvalue weighted by Crippen LogP contribution is 2.12. The van der Waals surface area contributed by atoms with Crippen LogP contribution in [0.1, 0.15) is 32.1 Å². The molecule has 0 aliphatic carbocycles. The number of carbonyl (C=O) groups excluding carboxylic acids is 3. The number of rotatable bonds is 4. The first-order valence-electron chi connectivity index (χ1n) is 4.71. The van der Waals surface area contributed by atoms with Gasteiger partial charge in [-0.1, -0.05) is 6.08 Å². The Labute approximate surface area is 82.4 Å². The minimum Gasteiger partial charge on any atom is -0.303 e. The fraction of sp³-hybridized carbons (Fsp3) is 0.500. The fourth-order valence-electron chi connectivity index (χ4n) is 1.30. The number of hydrogen-bond acceptors (Lipinski definition) is 3. The maximum Gasteiger partial charge on any atom is 0.253 e. The molecule has 4 nitrogen and oxygen atoms in total. The number of imide groups is 1. The number of carbonyl (C=O) groups is 3. The van der Waals surface area contributed by atoms with Gasteiger partial charge >= 0.3 is 0 Å². The van der Waals surface area contributed by atoms with Crippen LogP contribution in [0.15, 0.2) is 11.6 Å². The summed E-state index contributed by atoms with van der Waals surface area (Å²) in [4.78, 5) is 32.0. The van der Waals surface area contributed by atoms with Gasteiger partial charge in [-0.3, -0.25) is 14.9 Å². The Morgan fingerprint density at radius 3 is 2.64 bits per heavy atom. The van der Waals surface area contributed by atoms with Gasteiger partial charge in [-0.25, -0.2) is 0 Å². The smallest absolute Gasteiger partial charge is 0.253 e. The molecule has 1 aliphatic heterocycles. The number of unbranched alkanes of at least 4 members (excludes halogenated alkanes) is 2. The van der Waals surface area contributed by atoms with E-state index in [4.69, 9.17) is 0 Å². The predicted molar refractivity (Wildman–Crippen MR) is 50.4 cm³/mol. The normalized spacial score (nSPS) is 19.6. The molecule has 1 rings (SSSR count). The summed E-state index contributed by atoms with van der Waals surface area (Å²) in [5, 5.41) is 2.25. The number of aldehydes is 1. The Bertz CT molecular complexity index is 281. The van der Waals surface area contributed by atoms with Gasteiger partial charge in [-0.15, -0.1) is 0 Å². The highest BCUT2D eigenvalue weighted by Gasteiger charge is 2.19. The quantitative estimate of drug-likeness (QED) is 0.311. The van der Waals surface area contributed by atoms with Gasteiger partial charge in [0, 0.05) is 18.4 Å². The lowest BCUT2D eigenvalue weighted by molar-refractivity contribution is -0.130. The number of hydrogen-bond donors (Lipinski definition) is 1. The number of piperidine rings is 1. The van der Waals surface area contributed by atoms with Gasteiger partial charge in [-0.05, 0) is 19.3 Å².